The van der Waals surface area contributed by atoms with Gasteiger partial charge in [-0.2, -0.15) is 0 Å². The van der Waals surface area contributed by atoms with Crippen molar-refractivity contribution in [1.82, 2.24) is 0 Å². The van der Waals surface area contributed by atoms with Gasteiger partial charge in [-0.1, -0.05) is 33.6 Å². The molecule has 1 nitrogen and oxygen atoms in total. The predicted molar refractivity (Wildman–Crippen MR) is 57.8 cm³/mol. The molecule has 0 fully saturated rings. The highest BCUT2D eigenvalue weighted by Gasteiger charge is 1.97. The van der Waals surface area contributed by atoms with Gasteiger partial charge >= 0.3 is 0 Å². The first kappa shape index (κ1) is 9.62. The molecule has 1 aromatic rings. The molecule has 0 atom stereocenters. The second kappa shape index (κ2) is 4.53. The van der Waals surface area contributed by atoms with Crippen LogP contribution in [0.2, 0.25) is 5.02 Å². The summed E-state index contributed by atoms with van der Waals surface area (Å²) in [5.41, 5.74) is 0.922. The second-order valence-corrected chi connectivity index (χ2v) is 3.62. The monoisotopic (exact) mass is 245 g/mol. The highest BCUT2D eigenvalue weighted by Crippen LogP contribution is 2.25. The van der Waals surface area contributed by atoms with Gasteiger partial charge in [0.25, 0.3) is 0 Å². The van der Waals surface area contributed by atoms with E-state index in [0.717, 1.165) is 21.7 Å². The Kier molecular flexibility index (Phi) is 3.63. The molecule has 3 heteroatoms. The van der Waals surface area contributed by atoms with Gasteiger partial charge in [0.2, 0.25) is 0 Å². The highest BCUT2D eigenvalue weighted by molar-refractivity contribution is 9.10. The van der Waals surface area contributed by atoms with Gasteiger partial charge in [0.05, 0.1) is 10.7 Å². The van der Waals surface area contributed by atoms with Crippen molar-refractivity contribution in [3.05, 3.63) is 40.3 Å². The number of benzene rings is 1. The second-order valence-electron chi connectivity index (χ2n) is 2.29. The van der Waals surface area contributed by atoms with Crippen LogP contribution in [0.4, 0.5) is 5.69 Å². The van der Waals surface area contributed by atoms with Crippen molar-refractivity contribution >= 4 is 33.2 Å². The Bertz CT molecular complexity index is 286. The first-order valence-corrected chi connectivity index (χ1v) is 4.71. The normalized spacial score (nSPS) is 9.50. The molecule has 0 radical (unpaired) electrons. The maximum Gasteiger partial charge on any atom is 0.0638 e. The Hall–Kier alpha value is -0.470. The molecule has 1 rings (SSSR count). The van der Waals surface area contributed by atoms with E-state index in [1.54, 1.807) is 6.08 Å². The minimum absolute atomic E-state index is 0.718. The lowest BCUT2D eigenvalue weighted by Gasteiger charge is -2.05. The molecule has 0 saturated carbocycles. The van der Waals surface area contributed by atoms with Gasteiger partial charge in [-0.15, -0.1) is 6.58 Å². The van der Waals surface area contributed by atoms with E-state index in [0.29, 0.717) is 0 Å². The Morgan fingerprint density at radius 1 is 1.58 bits per heavy atom. The fraction of sp³-hybridized carbons (Fsp3) is 0.111. The minimum Gasteiger partial charge on any atom is -0.380 e. The third kappa shape index (κ3) is 2.54. The summed E-state index contributed by atoms with van der Waals surface area (Å²) in [6.07, 6.45) is 1.79. The van der Waals surface area contributed by atoms with Gasteiger partial charge in [0.1, 0.15) is 0 Å². The summed E-state index contributed by atoms with van der Waals surface area (Å²) in [6, 6.07) is 5.68. The molecule has 0 aliphatic heterocycles. The van der Waals surface area contributed by atoms with Gasteiger partial charge < -0.3 is 5.32 Å². The number of hydrogen-bond donors (Lipinski definition) is 1. The van der Waals surface area contributed by atoms with Crippen molar-refractivity contribution in [2.75, 3.05) is 11.9 Å². The quantitative estimate of drug-likeness (QED) is 0.802. The summed E-state index contributed by atoms with van der Waals surface area (Å²) in [5, 5.41) is 3.85. The van der Waals surface area contributed by atoms with Crippen molar-refractivity contribution in [3.8, 4) is 0 Å². The zero-order chi connectivity index (χ0) is 8.97. The summed E-state index contributed by atoms with van der Waals surface area (Å²) in [7, 11) is 0. The van der Waals surface area contributed by atoms with Crippen LogP contribution in [0, 0.1) is 0 Å². The third-order valence-electron chi connectivity index (χ3n) is 1.37. The van der Waals surface area contributed by atoms with E-state index in [1.165, 1.54) is 0 Å². The van der Waals surface area contributed by atoms with E-state index in [4.69, 9.17) is 11.6 Å². The molecule has 1 N–H and O–H groups in total. The van der Waals surface area contributed by atoms with Crippen molar-refractivity contribution in [1.29, 1.82) is 0 Å². The van der Waals surface area contributed by atoms with E-state index in [9.17, 15) is 0 Å². The topological polar surface area (TPSA) is 12.0 Å². The van der Waals surface area contributed by atoms with Gasteiger partial charge in [0.15, 0.2) is 0 Å². The molecular weight excluding hydrogens is 237 g/mol. The van der Waals surface area contributed by atoms with Crippen molar-refractivity contribution in [2.24, 2.45) is 0 Å². The van der Waals surface area contributed by atoms with Crippen LogP contribution in [-0.4, -0.2) is 6.54 Å². The molecule has 64 valence electrons. The Morgan fingerprint density at radius 3 is 3.00 bits per heavy atom. The summed E-state index contributed by atoms with van der Waals surface area (Å²) >= 11 is 9.28. The average Bonchev–Trinajstić information content (AvgIpc) is 2.07. The van der Waals surface area contributed by atoms with Crippen LogP contribution in [0.1, 0.15) is 0 Å². The molecular formula is C9H9BrClN. The van der Waals surface area contributed by atoms with Crippen LogP contribution in [0.5, 0.6) is 0 Å². The first-order valence-electron chi connectivity index (χ1n) is 3.54. The number of hydrogen-bond acceptors (Lipinski definition) is 1. The maximum absolute atomic E-state index is 5.91. The molecule has 12 heavy (non-hydrogen) atoms. The minimum atomic E-state index is 0.718. The Labute approximate surface area is 85.6 Å². The van der Waals surface area contributed by atoms with Crippen molar-refractivity contribution in [2.45, 2.75) is 0 Å². The molecule has 0 spiro atoms. The first-order chi connectivity index (χ1) is 5.74. The maximum atomic E-state index is 5.91. The average molecular weight is 247 g/mol. The molecule has 0 aromatic heterocycles. The van der Waals surface area contributed by atoms with E-state index in [2.05, 4.69) is 27.8 Å². The lowest BCUT2D eigenvalue weighted by molar-refractivity contribution is 1.34. The van der Waals surface area contributed by atoms with Crippen LogP contribution in [0.3, 0.4) is 0 Å². The third-order valence-corrected chi connectivity index (χ3v) is 2.19. The standard InChI is InChI=1S/C9H9BrClN/c1-2-5-12-9-6-7(10)3-4-8(9)11/h2-4,6,12H,1,5H2. The van der Waals surface area contributed by atoms with Crippen LogP contribution < -0.4 is 5.32 Å². The summed E-state index contributed by atoms with van der Waals surface area (Å²) in [5.74, 6) is 0. The lowest BCUT2D eigenvalue weighted by atomic mass is 10.3. The zero-order valence-corrected chi connectivity index (χ0v) is 8.82. The fourth-order valence-electron chi connectivity index (χ4n) is 0.815. The smallest absolute Gasteiger partial charge is 0.0638 e. The molecule has 0 saturated heterocycles. The number of rotatable bonds is 3. The van der Waals surface area contributed by atoms with Crippen LogP contribution in [0.25, 0.3) is 0 Å². The van der Waals surface area contributed by atoms with Gasteiger partial charge in [0, 0.05) is 11.0 Å². The summed E-state index contributed by atoms with van der Waals surface area (Å²) < 4.78 is 1.01. The molecule has 0 amide bonds. The number of nitrogens with one attached hydrogen (secondary N) is 1. The van der Waals surface area contributed by atoms with Gasteiger partial charge in [-0.05, 0) is 18.2 Å². The van der Waals surface area contributed by atoms with Crippen LogP contribution in [-0.2, 0) is 0 Å². The molecule has 0 aliphatic carbocycles. The zero-order valence-electron chi connectivity index (χ0n) is 6.48. The van der Waals surface area contributed by atoms with E-state index in [-0.39, 0.29) is 0 Å². The Balaban J connectivity index is 2.82. The van der Waals surface area contributed by atoms with Gasteiger partial charge in [-0.25, -0.2) is 0 Å². The van der Waals surface area contributed by atoms with Gasteiger partial charge in [-0.3, -0.25) is 0 Å². The summed E-state index contributed by atoms with van der Waals surface area (Å²) in [6.45, 7) is 4.33. The molecule has 1 aromatic carbocycles. The highest BCUT2D eigenvalue weighted by atomic mass is 79.9. The van der Waals surface area contributed by atoms with Crippen LogP contribution >= 0.6 is 27.5 Å². The SMILES string of the molecule is C=CCNc1cc(Br)ccc1Cl. The Morgan fingerprint density at radius 2 is 2.33 bits per heavy atom. The molecule has 0 bridgehead atoms. The summed E-state index contributed by atoms with van der Waals surface area (Å²) in [4.78, 5) is 0. The fourth-order valence-corrected chi connectivity index (χ4v) is 1.36. The molecule has 0 aliphatic rings. The lowest BCUT2D eigenvalue weighted by Crippen LogP contribution is -1.97. The van der Waals surface area contributed by atoms with Crippen molar-refractivity contribution < 1.29 is 0 Å². The van der Waals surface area contributed by atoms with E-state index < -0.39 is 0 Å². The molecule has 0 heterocycles. The van der Waals surface area contributed by atoms with E-state index >= 15 is 0 Å². The largest absolute Gasteiger partial charge is 0.380 e. The number of halogens is 2. The van der Waals surface area contributed by atoms with Crippen molar-refractivity contribution in [3.63, 3.8) is 0 Å². The predicted octanol–water partition coefficient (Wildman–Crippen LogP) is 3.70. The number of anilines is 1. The van der Waals surface area contributed by atoms with Crippen LogP contribution in [0.15, 0.2) is 35.3 Å². The molecule has 0 unspecified atom stereocenters. The van der Waals surface area contributed by atoms with E-state index in [1.807, 2.05) is 18.2 Å².